The van der Waals surface area contributed by atoms with Crippen LogP contribution in [-0.4, -0.2) is 51.9 Å². The van der Waals surface area contributed by atoms with Crippen molar-refractivity contribution in [1.82, 2.24) is 0 Å². The Morgan fingerprint density at radius 3 is 2.33 bits per heavy atom. The van der Waals surface area contributed by atoms with Crippen LogP contribution in [0, 0.1) is 0 Å². The van der Waals surface area contributed by atoms with Gasteiger partial charge in [-0.05, 0) is 36.1 Å². The van der Waals surface area contributed by atoms with E-state index >= 15 is 0 Å². The van der Waals surface area contributed by atoms with Crippen LogP contribution in [0.25, 0.3) is 0 Å². The molecule has 0 aromatic heterocycles. The second-order valence-electron chi connectivity index (χ2n) is 9.60. The van der Waals surface area contributed by atoms with E-state index in [1.807, 2.05) is 36.4 Å². The lowest BCUT2D eigenvalue weighted by Crippen LogP contribution is -2.30. The topological polar surface area (TPSA) is 113 Å². The fourth-order valence-electron chi connectivity index (χ4n) is 5.62. The highest BCUT2D eigenvalue weighted by Gasteiger charge is 2.41. The Bertz CT molecular complexity index is 1490. The molecule has 1 aliphatic carbocycles. The minimum absolute atomic E-state index is 0.0184. The van der Waals surface area contributed by atoms with Gasteiger partial charge in [0.15, 0.2) is 23.9 Å². The summed E-state index contributed by atoms with van der Waals surface area (Å²) in [5.41, 5.74) is 4.55. The van der Waals surface area contributed by atoms with E-state index in [1.54, 1.807) is 46.6 Å². The number of para-hydroxylation sites is 1. The lowest BCUT2D eigenvalue weighted by molar-refractivity contribution is -0.139. The summed E-state index contributed by atoms with van der Waals surface area (Å²) >= 11 is 0. The fourth-order valence-corrected chi connectivity index (χ4v) is 5.62. The summed E-state index contributed by atoms with van der Waals surface area (Å²) in [5.74, 6) is 1.01. The van der Waals surface area contributed by atoms with E-state index in [9.17, 15) is 14.7 Å². The van der Waals surface area contributed by atoms with Crippen molar-refractivity contribution in [3.63, 3.8) is 0 Å². The summed E-state index contributed by atoms with van der Waals surface area (Å²) in [6, 6.07) is 16.6. The van der Waals surface area contributed by atoms with Gasteiger partial charge in [0, 0.05) is 52.6 Å². The summed E-state index contributed by atoms with van der Waals surface area (Å²) in [6.07, 6.45) is 0.864. The van der Waals surface area contributed by atoms with Gasteiger partial charge in [-0.25, -0.2) is 4.79 Å². The van der Waals surface area contributed by atoms with Crippen LogP contribution in [0.3, 0.4) is 0 Å². The molecule has 0 unspecified atom stereocenters. The Kier molecular flexibility index (Phi) is 7.55. The predicted octanol–water partition coefficient (Wildman–Crippen LogP) is 5.14. The van der Waals surface area contributed by atoms with Crippen LogP contribution < -0.4 is 29.0 Å². The van der Waals surface area contributed by atoms with Crippen LogP contribution in [0.5, 0.6) is 28.7 Å². The first kappa shape index (κ1) is 26.9. The number of rotatable bonds is 9. The van der Waals surface area contributed by atoms with Crippen LogP contribution in [0.1, 0.15) is 41.4 Å². The number of benzene rings is 3. The Morgan fingerprint density at radius 1 is 0.875 bits per heavy atom. The quantitative estimate of drug-likeness (QED) is 0.377. The highest BCUT2D eigenvalue weighted by atomic mass is 16.5. The lowest BCUT2D eigenvalue weighted by Gasteiger charge is -2.38. The number of allylic oxidation sites excluding steroid dienone is 2. The first-order valence-electron chi connectivity index (χ1n) is 12.8. The zero-order valence-corrected chi connectivity index (χ0v) is 22.8. The monoisotopic (exact) mass is 545 g/mol. The van der Waals surface area contributed by atoms with Crippen molar-refractivity contribution >= 4 is 17.4 Å². The van der Waals surface area contributed by atoms with Crippen LogP contribution in [-0.2, 0) is 9.59 Å². The molecule has 1 heterocycles. The number of ketones is 1. The minimum atomic E-state index is -1.09. The number of carboxylic acid groups (broad SMARTS) is 1. The molecule has 0 spiro atoms. The molecule has 3 aromatic carbocycles. The van der Waals surface area contributed by atoms with Gasteiger partial charge in [0.1, 0.15) is 17.2 Å². The van der Waals surface area contributed by atoms with Gasteiger partial charge in [0.05, 0.1) is 28.4 Å². The number of anilines is 1. The molecule has 2 aliphatic rings. The first-order valence-corrected chi connectivity index (χ1v) is 12.8. The van der Waals surface area contributed by atoms with Gasteiger partial charge in [-0.3, -0.25) is 4.79 Å². The van der Waals surface area contributed by atoms with Crippen molar-refractivity contribution < 1.29 is 38.4 Å². The third kappa shape index (κ3) is 4.90. The lowest BCUT2D eigenvalue weighted by atomic mass is 9.71. The summed E-state index contributed by atoms with van der Waals surface area (Å²) in [4.78, 5) is 25.3. The second-order valence-corrected chi connectivity index (χ2v) is 9.60. The molecule has 0 radical (unpaired) electrons. The van der Waals surface area contributed by atoms with E-state index in [4.69, 9.17) is 23.7 Å². The van der Waals surface area contributed by atoms with Gasteiger partial charge in [-0.2, -0.15) is 0 Å². The Hall–Kier alpha value is -4.66. The van der Waals surface area contributed by atoms with Gasteiger partial charge >= 0.3 is 5.97 Å². The molecule has 0 saturated carbocycles. The summed E-state index contributed by atoms with van der Waals surface area (Å²) in [6.45, 7) is -0.504. The average molecular weight is 546 g/mol. The number of nitrogens with one attached hydrogen (secondary N) is 1. The highest BCUT2D eigenvalue weighted by Crippen LogP contribution is 2.53. The molecule has 1 aliphatic heterocycles. The molecule has 2 N–H and O–H groups in total. The summed E-state index contributed by atoms with van der Waals surface area (Å²) in [5, 5.41) is 12.8. The van der Waals surface area contributed by atoms with Crippen molar-refractivity contribution in [3.8, 4) is 28.7 Å². The molecule has 208 valence electrons. The summed E-state index contributed by atoms with van der Waals surface area (Å²) < 4.78 is 27.9. The van der Waals surface area contributed by atoms with Crippen LogP contribution >= 0.6 is 0 Å². The van der Waals surface area contributed by atoms with Crippen molar-refractivity contribution in [3.05, 3.63) is 82.6 Å². The van der Waals surface area contributed by atoms with Gasteiger partial charge in [-0.15, -0.1) is 0 Å². The molecule has 5 rings (SSSR count). The normalized spacial score (nSPS) is 17.8. The summed E-state index contributed by atoms with van der Waals surface area (Å²) in [7, 11) is 6.32. The molecule has 0 saturated heterocycles. The van der Waals surface area contributed by atoms with Crippen molar-refractivity contribution in [2.45, 2.75) is 24.7 Å². The maximum absolute atomic E-state index is 14.0. The number of Topliss-reactive ketones (excluding diaryl/α,β-unsaturated/α-hetero) is 1. The minimum Gasteiger partial charge on any atom is -0.497 e. The third-order valence-corrected chi connectivity index (χ3v) is 7.40. The number of fused-ring (bicyclic) bond motifs is 1. The SMILES string of the molecule is COc1cc2c(c(OC)c1)[C@@H](c1ccccc1OCC(=O)O)C1=C(C[C@@H](c3ccc(OC)c(OC)c3)CC1=O)N2. The number of aliphatic carboxylic acids is 1. The molecule has 0 amide bonds. The molecule has 40 heavy (non-hydrogen) atoms. The molecule has 3 aromatic rings. The van der Waals surface area contributed by atoms with E-state index in [-0.39, 0.29) is 11.7 Å². The Balaban J connectivity index is 1.66. The number of carbonyl (C=O) groups excluding carboxylic acids is 1. The Morgan fingerprint density at radius 2 is 1.62 bits per heavy atom. The van der Waals surface area contributed by atoms with Crippen molar-refractivity contribution in [1.29, 1.82) is 0 Å². The van der Waals surface area contributed by atoms with Gasteiger partial charge in [-0.1, -0.05) is 24.3 Å². The predicted molar refractivity (Wildman–Crippen MR) is 148 cm³/mol. The molecular formula is C31H31NO8. The Labute approximate surface area is 232 Å². The number of hydrogen-bond donors (Lipinski definition) is 2. The largest absolute Gasteiger partial charge is 0.497 e. The van der Waals surface area contributed by atoms with E-state index in [2.05, 4.69) is 5.32 Å². The van der Waals surface area contributed by atoms with E-state index in [0.717, 1.165) is 22.5 Å². The number of methoxy groups -OCH3 is 4. The van der Waals surface area contributed by atoms with Crippen LogP contribution in [0.2, 0.25) is 0 Å². The first-order chi connectivity index (χ1) is 19.4. The number of carboxylic acids is 1. The van der Waals surface area contributed by atoms with Gasteiger partial charge in [0.25, 0.3) is 0 Å². The maximum atomic E-state index is 14.0. The fraction of sp³-hybridized carbons (Fsp3) is 0.290. The van der Waals surface area contributed by atoms with Crippen molar-refractivity contribution in [2.75, 3.05) is 40.4 Å². The zero-order chi connectivity index (χ0) is 28.4. The molecular weight excluding hydrogens is 514 g/mol. The third-order valence-electron chi connectivity index (χ3n) is 7.40. The standard InChI is InChI=1S/C31H31NO8/c1-36-19-14-22-31(27(15-19)39-4)29(20-7-5-6-8-24(20)40-16-28(34)35)30-21(32-22)11-18(12-23(30)33)17-9-10-25(37-2)26(13-17)38-3/h5-10,13-15,18,29,32H,11-12,16H2,1-4H3,(H,34,35)/t18-,29+/m1/s1. The maximum Gasteiger partial charge on any atom is 0.341 e. The molecule has 2 atom stereocenters. The molecule has 9 heteroatoms. The zero-order valence-electron chi connectivity index (χ0n) is 22.8. The van der Waals surface area contributed by atoms with E-state index < -0.39 is 18.5 Å². The molecule has 0 bridgehead atoms. The highest BCUT2D eigenvalue weighted by molar-refractivity contribution is 6.02. The second kappa shape index (κ2) is 11.2. The number of ether oxygens (including phenoxy) is 5. The van der Waals surface area contributed by atoms with Crippen LogP contribution in [0.15, 0.2) is 65.9 Å². The van der Waals surface area contributed by atoms with Crippen molar-refractivity contribution in [2.24, 2.45) is 0 Å². The molecule has 0 fully saturated rings. The van der Waals surface area contributed by atoms with E-state index in [0.29, 0.717) is 52.7 Å². The van der Waals surface area contributed by atoms with E-state index in [1.165, 1.54) is 0 Å². The smallest absolute Gasteiger partial charge is 0.341 e. The molecule has 9 nitrogen and oxygen atoms in total. The number of hydrogen-bond acceptors (Lipinski definition) is 8. The van der Waals surface area contributed by atoms with Gasteiger partial charge in [0.2, 0.25) is 0 Å². The average Bonchev–Trinajstić information content (AvgIpc) is 2.97. The van der Waals surface area contributed by atoms with Crippen LogP contribution in [0.4, 0.5) is 5.69 Å². The van der Waals surface area contributed by atoms with Gasteiger partial charge < -0.3 is 34.1 Å². The number of carbonyl (C=O) groups is 2.